The number of anilines is 1. The third kappa shape index (κ3) is 7.52. The summed E-state index contributed by atoms with van der Waals surface area (Å²) in [6, 6.07) is 26.2. The number of aromatic hydroxyl groups is 1. The molecule has 0 aliphatic rings. The van der Waals surface area contributed by atoms with Crippen molar-refractivity contribution >= 4 is 23.4 Å². The predicted molar refractivity (Wildman–Crippen MR) is 153 cm³/mol. The molecule has 1 atom stereocenters. The molecule has 4 rings (SSSR count). The Morgan fingerprint density at radius 3 is 2.22 bits per heavy atom. The van der Waals surface area contributed by atoms with Gasteiger partial charge in [0.05, 0.1) is 19.8 Å². The second kappa shape index (κ2) is 13.5. The van der Waals surface area contributed by atoms with Crippen LogP contribution in [-0.2, 0) is 20.7 Å². The minimum absolute atomic E-state index is 0.116. The lowest BCUT2D eigenvalue weighted by Crippen LogP contribution is -2.33. The van der Waals surface area contributed by atoms with E-state index in [-0.39, 0.29) is 29.3 Å². The van der Waals surface area contributed by atoms with Gasteiger partial charge in [0, 0.05) is 35.2 Å². The number of ketones is 1. The fourth-order valence-electron chi connectivity index (χ4n) is 4.00. The third-order valence-electron chi connectivity index (χ3n) is 6.10. The van der Waals surface area contributed by atoms with Crippen LogP contribution in [0.1, 0.15) is 27.0 Å². The summed E-state index contributed by atoms with van der Waals surface area (Å²) < 4.78 is 15.3. The number of hydrogen-bond donors (Lipinski definition) is 2. The Hall–Kier alpha value is -5.55. The molecular weight excluding hydrogens is 522 g/mol. The second-order valence-electron chi connectivity index (χ2n) is 8.83. The van der Waals surface area contributed by atoms with Crippen LogP contribution < -0.4 is 14.8 Å². The van der Waals surface area contributed by atoms with Crippen molar-refractivity contribution in [3.05, 3.63) is 119 Å². The molecule has 0 amide bonds. The summed E-state index contributed by atoms with van der Waals surface area (Å²) in [5, 5.41) is 13.1. The molecule has 0 fully saturated rings. The first-order valence-electron chi connectivity index (χ1n) is 12.6. The van der Waals surface area contributed by atoms with Gasteiger partial charge >= 0.3 is 11.9 Å². The van der Waals surface area contributed by atoms with Gasteiger partial charge in [-0.15, -0.1) is 0 Å². The highest BCUT2D eigenvalue weighted by atomic mass is 16.5. The fourth-order valence-corrected chi connectivity index (χ4v) is 4.00. The summed E-state index contributed by atoms with van der Waals surface area (Å²) in [6.07, 6.45) is 0.241. The maximum Gasteiger partial charge on any atom is 0.390 e. The lowest BCUT2D eigenvalue weighted by molar-refractivity contribution is -0.141. The number of nitrogens with one attached hydrogen (secondary N) is 1. The summed E-state index contributed by atoms with van der Waals surface area (Å²) in [5.74, 6) is 4.04. The quantitative estimate of drug-likeness (QED) is 0.133. The van der Waals surface area contributed by atoms with Crippen LogP contribution in [-0.4, -0.2) is 43.1 Å². The molecule has 0 spiro atoms. The Labute approximate surface area is 237 Å². The number of methoxy groups -OCH3 is 2. The fraction of sp³-hybridized carbons (Fsp3) is 0.121. The Morgan fingerprint density at radius 1 is 0.854 bits per heavy atom. The molecule has 0 heterocycles. The van der Waals surface area contributed by atoms with Crippen molar-refractivity contribution in [2.75, 3.05) is 19.5 Å². The number of esters is 2. The number of para-hydroxylation sites is 1. The van der Waals surface area contributed by atoms with E-state index in [4.69, 9.17) is 14.2 Å². The Bertz CT molecular complexity index is 1600. The largest absolute Gasteiger partial charge is 0.507 e. The molecule has 8 heteroatoms. The van der Waals surface area contributed by atoms with Gasteiger partial charge in [-0.1, -0.05) is 60.5 Å². The number of ether oxygens (including phenoxy) is 3. The van der Waals surface area contributed by atoms with E-state index in [1.165, 1.54) is 26.4 Å². The van der Waals surface area contributed by atoms with Crippen LogP contribution in [0.2, 0.25) is 0 Å². The standard InChI is InChI=1S/C33H27NO7/c1-39-26-18-14-23(30(35)21-26)15-19-31(36)41-25-16-12-22(13-17-25)20-29(33(38)40-2)34-28-11-7-6-10-27(28)32(37)24-8-4-3-5-9-24/h3-14,16-18,21,29,34-35H,20H2,1-2H3/t29-/m0/s1. The van der Waals surface area contributed by atoms with Crippen LogP contribution in [0.15, 0.2) is 97.1 Å². The van der Waals surface area contributed by atoms with Crippen LogP contribution in [0.3, 0.4) is 0 Å². The molecule has 41 heavy (non-hydrogen) atoms. The Morgan fingerprint density at radius 2 is 1.54 bits per heavy atom. The van der Waals surface area contributed by atoms with Crippen molar-refractivity contribution in [1.29, 1.82) is 0 Å². The van der Waals surface area contributed by atoms with Gasteiger partial charge in [-0.2, -0.15) is 0 Å². The molecule has 0 radical (unpaired) electrons. The molecule has 0 aliphatic heterocycles. The molecule has 206 valence electrons. The van der Waals surface area contributed by atoms with E-state index >= 15 is 0 Å². The maximum atomic E-state index is 13.1. The number of carbonyl (C=O) groups is 3. The van der Waals surface area contributed by atoms with Crippen LogP contribution in [0.4, 0.5) is 5.69 Å². The minimum atomic E-state index is -0.804. The normalized spacial score (nSPS) is 10.9. The Kier molecular flexibility index (Phi) is 9.36. The van der Waals surface area contributed by atoms with Crippen LogP contribution >= 0.6 is 0 Å². The number of benzene rings is 4. The summed E-state index contributed by atoms with van der Waals surface area (Å²) in [6.45, 7) is 0. The summed E-state index contributed by atoms with van der Waals surface area (Å²) in [4.78, 5) is 38.0. The lowest BCUT2D eigenvalue weighted by atomic mass is 10.00. The molecule has 0 saturated carbocycles. The van der Waals surface area contributed by atoms with Crippen molar-refractivity contribution in [1.82, 2.24) is 0 Å². The molecule has 4 aromatic carbocycles. The molecular formula is C33H27NO7. The number of phenolic OH excluding ortho intramolecular Hbond substituents is 1. The monoisotopic (exact) mass is 549 g/mol. The third-order valence-corrected chi connectivity index (χ3v) is 6.10. The highest BCUT2D eigenvalue weighted by Crippen LogP contribution is 2.23. The van der Waals surface area contributed by atoms with Crippen LogP contribution in [0.5, 0.6) is 17.2 Å². The van der Waals surface area contributed by atoms with E-state index in [1.54, 1.807) is 78.9 Å². The highest BCUT2D eigenvalue weighted by Gasteiger charge is 2.22. The van der Waals surface area contributed by atoms with Gasteiger partial charge in [-0.3, -0.25) is 4.79 Å². The first-order chi connectivity index (χ1) is 19.9. The molecule has 8 nitrogen and oxygen atoms in total. The summed E-state index contributed by atoms with van der Waals surface area (Å²) in [7, 11) is 2.77. The first-order valence-corrected chi connectivity index (χ1v) is 12.6. The topological polar surface area (TPSA) is 111 Å². The van der Waals surface area contributed by atoms with E-state index in [2.05, 4.69) is 17.2 Å². The number of carbonyl (C=O) groups excluding carboxylic acids is 3. The van der Waals surface area contributed by atoms with Crippen molar-refractivity contribution in [3.8, 4) is 29.1 Å². The van der Waals surface area contributed by atoms with Crippen LogP contribution in [0, 0.1) is 11.8 Å². The van der Waals surface area contributed by atoms with Crippen molar-refractivity contribution in [2.45, 2.75) is 12.5 Å². The summed E-state index contributed by atoms with van der Waals surface area (Å²) in [5.41, 5.74) is 2.48. The van der Waals surface area contributed by atoms with Gasteiger partial charge in [-0.25, -0.2) is 9.59 Å². The number of rotatable bonds is 9. The molecule has 0 saturated heterocycles. The molecule has 0 bridgehead atoms. The molecule has 0 aliphatic carbocycles. The average Bonchev–Trinajstić information content (AvgIpc) is 3.01. The van der Waals surface area contributed by atoms with Crippen molar-refractivity contribution in [2.24, 2.45) is 0 Å². The zero-order valence-electron chi connectivity index (χ0n) is 22.4. The van der Waals surface area contributed by atoms with E-state index in [0.29, 0.717) is 22.6 Å². The van der Waals surface area contributed by atoms with E-state index in [1.807, 2.05) is 6.07 Å². The van der Waals surface area contributed by atoms with Gasteiger partial charge < -0.3 is 24.6 Å². The van der Waals surface area contributed by atoms with E-state index < -0.39 is 18.0 Å². The molecule has 0 aromatic heterocycles. The number of hydrogen-bond acceptors (Lipinski definition) is 8. The van der Waals surface area contributed by atoms with Crippen LogP contribution in [0.25, 0.3) is 0 Å². The first kappa shape index (κ1) is 28.5. The zero-order valence-corrected chi connectivity index (χ0v) is 22.4. The lowest BCUT2D eigenvalue weighted by Gasteiger charge is -2.20. The summed E-state index contributed by atoms with van der Waals surface area (Å²) >= 11 is 0. The average molecular weight is 550 g/mol. The predicted octanol–water partition coefficient (Wildman–Crippen LogP) is 4.79. The van der Waals surface area contributed by atoms with E-state index in [0.717, 1.165) is 5.56 Å². The van der Waals surface area contributed by atoms with Gasteiger partial charge in [0.1, 0.15) is 23.3 Å². The van der Waals surface area contributed by atoms with Crippen molar-refractivity contribution in [3.63, 3.8) is 0 Å². The van der Waals surface area contributed by atoms with Gasteiger partial charge in [0.25, 0.3) is 0 Å². The minimum Gasteiger partial charge on any atom is -0.507 e. The smallest absolute Gasteiger partial charge is 0.390 e. The second-order valence-corrected chi connectivity index (χ2v) is 8.83. The maximum absolute atomic E-state index is 13.1. The number of phenols is 1. The van der Waals surface area contributed by atoms with E-state index in [9.17, 15) is 19.5 Å². The molecule has 4 aromatic rings. The van der Waals surface area contributed by atoms with Crippen molar-refractivity contribution < 1.29 is 33.7 Å². The Balaban J connectivity index is 1.44. The zero-order chi connectivity index (χ0) is 29.2. The van der Waals surface area contributed by atoms with Gasteiger partial charge in [0.15, 0.2) is 5.78 Å². The van der Waals surface area contributed by atoms with Gasteiger partial charge in [0.2, 0.25) is 0 Å². The molecule has 0 unspecified atom stereocenters. The highest BCUT2D eigenvalue weighted by molar-refractivity contribution is 6.12. The molecule has 2 N–H and O–H groups in total. The SMILES string of the molecule is COC(=O)[C@H](Cc1ccc(OC(=O)C#Cc2ccc(OC)cc2O)cc1)Nc1ccccc1C(=O)c1ccccc1. The van der Waals surface area contributed by atoms with Gasteiger partial charge in [-0.05, 0) is 42.0 Å².